The Bertz CT molecular complexity index is 417. The van der Waals surface area contributed by atoms with Gasteiger partial charge in [0.15, 0.2) is 0 Å². The minimum Gasteiger partial charge on any atom is -0.469 e. The van der Waals surface area contributed by atoms with Crippen LogP contribution >= 0.6 is 11.6 Å². The minimum absolute atomic E-state index is 0.324. The van der Waals surface area contributed by atoms with E-state index < -0.39 is 5.82 Å². The fourth-order valence-corrected chi connectivity index (χ4v) is 2.34. The van der Waals surface area contributed by atoms with Crippen molar-refractivity contribution >= 4 is 17.6 Å². The maximum atomic E-state index is 13.1. The normalized spacial score (nSPS) is 18.7. The van der Waals surface area contributed by atoms with E-state index in [0.717, 1.165) is 5.56 Å². The van der Waals surface area contributed by atoms with Crippen LogP contribution in [0.25, 0.3) is 0 Å². The first-order valence-electron chi connectivity index (χ1n) is 4.69. The molecule has 0 radical (unpaired) electrons. The second kappa shape index (κ2) is 3.81. The number of hydrogen-bond donors (Lipinski definition) is 0. The highest BCUT2D eigenvalue weighted by Gasteiger charge is 2.31. The Morgan fingerprint density at radius 3 is 3.00 bits per heavy atom. The summed E-state index contributed by atoms with van der Waals surface area (Å²) in [5.74, 6) is -1.09. The molecule has 1 aliphatic rings. The molecule has 1 unspecified atom stereocenters. The summed E-state index contributed by atoms with van der Waals surface area (Å²) in [6.45, 7) is 0. The highest BCUT2D eigenvalue weighted by Crippen LogP contribution is 2.38. The number of methoxy groups -OCH3 is 1. The first-order valence-corrected chi connectivity index (χ1v) is 5.07. The number of fused-ring (bicyclic) bond motifs is 1. The molecule has 1 atom stereocenters. The van der Waals surface area contributed by atoms with Gasteiger partial charge < -0.3 is 4.74 Å². The lowest BCUT2D eigenvalue weighted by Crippen LogP contribution is -2.11. The minimum atomic E-state index is -0.408. The molecule has 0 N–H and O–H groups in total. The summed E-state index contributed by atoms with van der Waals surface area (Å²) in [4.78, 5) is 11.4. The van der Waals surface area contributed by atoms with Crippen LogP contribution in [0.15, 0.2) is 12.1 Å². The third-order valence-corrected chi connectivity index (χ3v) is 3.08. The monoisotopic (exact) mass is 228 g/mol. The largest absolute Gasteiger partial charge is 0.469 e. The third-order valence-electron chi connectivity index (χ3n) is 2.74. The Hall–Kier alpha value is -1.09. The average molecular weight is 229 g/mol. The van der Waals surface area contributed by atoms with E-state index in [0.29, 0.717) is 23.4 Å². The molecular formula is C11H10ClFO2. The maximum Gasteiger partial charge on any atom is 0.313 e. The van der Waals surface area contributed by atoms with Crippen molar-refractivity contribution in [2.45, 2.75) is 18.8 Å². The third kappa shape index (κ3) is 1.72. The number of carbonyl (C=O) groups is 1. The Labute approximate surface area is 92.0 Å². The lowest BCUT2D eigenvalue weighted by molar-refractivity contribution is -0.142. The molecule has 0 fully saturated rings. The van der Waals surface area contributed by atoms with Crippen molar-refractivity contribution in [3.05, 3.63) is 34.1 Å². The zero-order valence-corrected chi connectivity index (χ0v) is 8.97. The second-order valence-corrected chi connectivity index (χ2v) is 3.98. The van der Waals surface area contributed by atoms with Crippen LogP contribution in [-0.4, -0.2) is 13.1 Å². The van der Waals surface area contributed by atoms with E-state index >= 15 is 0 Å². The molecule has 80 valence electrons. The van der Waals surface area contributed by atoms with Crippen LogP contribution in [-0.2, 0) is 16.0 Å². The number of hydrogen-bond acceptors (Lipinski definition) is 2. The van der Waals surface area contributed by atoms with E-state index in [1.54, 1.807) is 0 Å². The topological polar surface area (TPSA) is 26.3 Å². The molecule has 0 aromatic heterocycles. The van der Waals surface area contributed by atoms with Crippen molar-refractivity contribution in [1.82, 2.24) is 0 Å². The van der Waals surface area contributed by atoms with Crippen LogP contribution in [0.5, 0.6) is 0 Å². The van der Waals surface area contributed by atoms with E-state index in [1.807, 2.05) is 0 Å². The zero-order chi connectivity index (χ0) is 11.0. The fourth-order valence-electron chi connectivity index (χ4n) is 2.03. The molecule has 1 aromatic rings. The van der Waals surface area contributed by atoms with Gasteiger partial charge in [0.1, 0.15) is 5.82 Å². The Balaban J connectivity index is 2.46. The van der Waals surface area contributed by atoms with Gasteiger partial charge in [-0.3, -0.25) is 4.79 Å². The van der Waals surface area contributed by atoms with Crippen LogP contribution in [0.3, 0.4) is 0 Å². The number of carbonyl (C=O) groups excluding carboxylic acids is 1. The molecule has 0 saturated heterocycles. The molecular weight excluding hydrogens is 219 g/mol. The van der Waals surface area contributed by atoms with Gasteiger partial charge in [0.2, 0.25) is 0 Å². The summed E-state index contributed by atoms with van der Waals surface area (Å²) >= 11 is 5.90. The molecule has 4 heteroatoms. The van der Waals surface area contributed by atoms with Crippen LogP contribution in [0.4, 0.5) is 4.39 Å². The molecule has 2 rings (SSSR count). The smallest absolute Gasteiger partial charge is 0.313 e. The van der Waals surface area contributed by atoms with Gasteiger partial charge in [-0.25, -0.2) is 4.39 Å². The molecule has 1 aliphatic carbocycles. The first-order chi connectivity index (χ1) is 7.13. The van der Waals surface area contributed by atoms with Crippen molar-refractivity contribution in [3.63, 3.8) is 0 Å². The van der Waals surface area contributed by atoms with Gasteiger partial charge in [-0.2, -0.15) is 0 Å². The Morgan fingerprint density at radius 2 is 2.33 bits per heavy atom. The van der Waals surface area contributed by atoms with E-state index in [-0.39, 0.29) is 11.9 Å². The fraction of sp³-hybridized carbons (Fsp3) is 0.364. The molecule has 0 bridgehead atoms. The van der Waals surface area contributed by atoms with Gasteiger partial charge in [-0.1, -0.05) is 11.6 Å². The van der Waals surface area contributed by atoms with Crippen molar-refractivity contribution in [3.8, 4) is 0 Å². The van der Waals surface area contributed by atoms with Gasteiger partial charge in [0.25, 0.3) is 0 Å². The summed E-state index contributed by atoms with van der Waals surface area (Å²) in [6.07, 6.45) is 1.35. The van der Waals surface area contributed by atoms with Crippen LogP contribution in [0.2, 0.25) is 5.02 Å². The van der Waals surface area contributed by atoms with Crippen molar-refractivity contribution in [2.75, 3.05) is 7.11 Å². The van der Waals surface area contributed by atoms with Gasteiger partial charge in [-0.15, -0.1) is 0 Å². The summed E-state index contributed by atoms with van der Waals surface area (Å²) in [7, 11) is 1.33. The second-order valence-electron chi connectivity index (χ2n) is 3.57. The van der Waals surface area contributed by atoms with E-state index in [4.69, 9.17) is 11.6 Å². The number of ether oxygens (including phenoxy) is 1. The predicted octanol–water partition coefficient (Wildman–Crippen LogP) is 2.68. The van der Waals surface area contributed by atoms with Gasteiger partial charge >= 0.3 is 5.97 Å². The standard InChI is InChI=1S/C11H10ClFO2/c1-15-11(14)8-3-2-7-9(8)4-6(13)5-10(7)12/h4-5,8H,2-3H2,1H3. The quantitative estimate of drug-likeness (QED) is 0.691. The van der Waals surface area contributed by atoms with Crippen LogP contribution < -0.4 is 0 Å². The van der Waals surface area contributed by atoms with Crippen molar-refractivity contribution in [1.29, 1.82) is 0 Å². The molecule has 1 aromatic carbocycles. The van der Waals surface area contributed by atoms with E-state index in [9.17, 15) is 9.18 Å². The van der Waals surface area contributed by atoms with Crippen LogP contribution in [0.1, 0.15) is 23.5 Å². The summed E-state index contributed by atoms with van der Waals surface area (Å²) in [6, 6.07) is 2.65. The van der Waals surface area contributed by atoms with Crippen LogP contribution in [0, 0.1) is 5.82 Å². The van der Waals surface area contributed by atoms with E-state index in [2.05, 4.69) is 4.74 Å². The zero-order valence-electron chi connectivity index (χ0n) is 8.22. The van der Waals surface area contributed by atoms with Gasteiger partial charge in [0.05, 0.1) is 13.0 Å². The number of esters is 1. The van der Waals surface area contributed by atoms with Gasteiger partial charge in [-0.05, 0) is 36.1 Å². The van der Waals surface area contributed by atoms with Gasteiger partial charge in [0, 0.05) is 5.02 Å². The van der Waals surface area contributed by atoms with Crippen molar-refractivity contribution < 1.29 is 13.9 Å². The summed E-state index contributed by atoms with van der Waals surface area (Å²) in [5.41, 5.74) is 1.54. The number of benzene rings is 1. The summed E-state index contributed by atoms with van der Waals surface area (Å²) < 4.78 is 17.8. The highest BCUT2D eigenvalue weighted by molar-refractivity contribution is 6.31. The molecule has 0 amide bonds. The summed E-state index contributed by atoms with van der Waals surface area (Å²) in [5, 5.41) is 0.399. The lowest BCUT2D eigenvalue weighted by Gasteiger charge is -2.09. The maximum absolute atomic E-state index is 13.1. The lowest BCUT2D eigenvalue weighted by atomic mass is 10.0. The molecule has 0 heterocycles. The number of rotatable bonds is 1. The molecule has 2 nitrogen and oxygen atoms in total. The molecule has 0 aliphatic heterocycles. The number of halogens is 2. The van der Waals surface area contributed by atoms with E-state index in [1.165, 1.54) is 19.2 Å². The Morgan fingerprint density at radius 1 is 1.60 bits per heavy atom. The SMILES string of the molecule is COC(=O)C1CCc2c(Cl)cc(F)cc21. The highest BCUT2D eigenvalue weighted by atomic mass is 35.5. The first kappa shape index (κ1) is 10.4. The molecule has 0 saturated carbocycles. The van der Waals surface area contributed by atoms with Crippen molar-refractivity contribution in [2.24, 2.45) is 0 Å². The Kier molecular flexibility index (Phi) is 2.65. The predicted molar refractivity (Wildman–Crippen MR) is 54.5 cm³/mol. The average Bonchev–Trinajstić information content (AvgIpc) is 2.60. The molecule has 0 spiro atoms. The molecule has 15 heavy (non-hydrogen) atoms.